The minimum absolute atomic E-state index is 0.0746. The lowest BCUT2D eigenvalue weighted by Gasteiger charge is -2.07. The Morgan fingerprint density at radius 1 is 1.21 bits per heavy atom. The number of hydrogen-bond donors (Lipinski definition) is 2. The molecule has 0 heterocycles. The molecule has 1 rings (SSSR count). The van der Waals surface area contributed by atoms with Gasteiger partial charge in [0.15, 0.2) is 6.61 Å². The molecule has 19 heavy (non-hydrogen) atoms. The Morgan fingerprint density at radius 3 is 2.32 bits per heavy atom. The molecule has 0 spiro atoms. The molecule has 1 aromatic carbocycles. The molecule has 0 saturated heterocycles. The van der Waals surface area contributed by atoms with Crippen molar-refractivity contribution in [3.63, 3.8) is 0 Å². The summed E-state index contributed by atoms with van der Waals surface area (Å²) >= 11 is 11.5. The third kappa shape index (κ3) is 4.40. The number of nitrogens with one attached hydrogen (secondary N) is 1. The Balaban J connectivity index is 2.61. The van der Waals surface area contributed by atoms with Crippen molar-refractivity contribution in [2.75, 3.05) is 6.61 Å². The van der Waals surface area contributed by atoms with Gasteiger partial charge in [-0.2, -0.15) is 0 Å². The Labute approximate surface area is 117 Å². The number of benzene rings is 1. The van der Waals surface area contributed by atoms with Gasteiger partial charge in [0.05, 0.1) is 15.6 Å². The quantitative estimate of drug-likeness (QED) is 0.286. The summed E-state index contributed by atoms with van der Waals surface area (Å²) in [5.74, 6) is 2.67. The van der Waals surface area contributed by atoms with E-state index in [1.54, 1.807) is 11.5 Å². The monoisotopic (exact) mass is 306 g/mol. The molecule has 0 saturated carbocycles. The van der Waals surface area contributed by atoms with Crippen molar-refractivity contribution >= 4 is 41.2 Å². The fourth-order valence-corrected chi connectivity index (χ4v) is 1.60. The van der Waals surface area contributed by atoms with Crippen LogP contribution >= 0.6 is 23.2 Å². The van der Waals surface area contributed by atoms with Crippen molar-refractivity contribution < 1.29 is 23.9 Å². The van der Waals surface area contributed by atoms with Crippen LogP contribution in [0.5, 0.6) is 0 Å². The maximum Gasteiger partial charge on any atom is 0.429 e. The highest BCUT2D eigenvalue weighted by Gasteiger charge is 2.18. The van der Waals surface area contributed by atoms with Gasteiger partial charge in [-0.15, -0.1) is 0 Å². The minimum atomic E-state index is -1.17. The first-order chi connectivity index (χ1) is 8.95. The average Bonchev–Trinajstić information content (AvgIpc) is 2.36. The lowest BCUT2D eigenvalue weighted by atomic mass is 10.2. The second-order valence-electron chi connectivity index (χ2n) is 3.08. The number of hydrogen-bond acceptors (Lipinski definition) is 6. The molecule has 0 aliphatic rings. The summed E-state index contributed by atoms with van der Waals surface area (Å²) in [6.45, 7) is -0.784. The largest absolute Gasteiger partial charge is 0.450 e. The van der Waals surface area contributed by atoms with E-state index in [1.807, 2.05) is 0 Å². The molecule has 0 aliphatic heterocycles. The molecule has 0 unspecified atom stereocenters. The van der Waals surface area contributed by atoms with Gasteiger partial charge in [0.25, 0.3) is 0 Å². The van der Waals surface area contributed by atoms with Crippen molar-refractivity contribution in [1.82, 2.24) is 5.43 Å². The number of carbonyl (C=O) groups is 3. The number of rotatable bonds is 3. The second kappa shape index (κ2) is 6.93. The van der Waals surface area contributed by atoms with Crippen LogP contribution in [0, 0.1) is 0 Å². The zero-order chi connectivity index (χ0) is 14.4. The van der Waals surface area contributed by atoms with Gasteiger partial charge in [-0.1, -0.05) is 29.3 Å². The van der Waals surface area contributed by atoms with Crippen LogP contribution in [0.3, 0.4) is 0 Å². The zero-order valence-electron chi connectivity index (χ0n) is 9.31. The van der Waals surface area contributed by atoms with Crippen molar-refractivity contribution in [3.05, 3.63) is 33.8 Å². The van der Waals surface area contributed by atoms with E-state index in [4.69, 9.17) is 23.2 Å². The summed E-state index contributed by atoms with van der Waals surface area (Å²) < 4.78 is 8.68. The number of carbonyl (C=O) groups excluding carboxylic acids is 3. The summed E-state index contributed by atoms with van der Waals surface area (Å²) in [7, 11) is 0. The third-order valence-electron chi connectivity index (χ3n) is 1.81. The molecular weight excluding hydrogens is 299 g/mol. The van der Waals surface area contributed by atoms with Gasteiger partial charge < -0.3 is 9.47 Å². The van der Waals surface area contributed by atoms with Gasteiger partial charge in [-0.3, -0.25) is 5.43 Å². The Bertz CT molecular complexity index is 500. The molecule has 0 bridgehead atoms. The molecule has 0 aliphatic carbocycles. The highest BCUT2D eigenvalue weighted by molar-refractivity contribution is 6.39. The maximum absolute atomic E-state index is 11.6. The smallest absolute Gasteiger partial charge is 0.429 e. The van der Waals surface area contributed by atoms with Crippen LogP contribution in [-0.4, -0.2) is 24.6 Å². The predicted octanol–water partition coefficient (Wildman–Crippen LogP) is 1.28. The fourth-order valence-electron chi connectivity index (χ4n) is 1.05. The van der Waals surface area contributed by atoms with E-state index in [0.29, 0.717) is 0 Å². The molecule has 9 heteroatoms. The first kappa shape index (κ1) is 15.2. The molecule has 0 aromatic heterocycles. The summed E-state index contributed by atoms with van der Waals surface area (Å²) in [4.78, 5) is 33.2. The van der Waals surface area contributed by atoms with E-state index >= 15 is 0 Å². The molecule has 3 N–H and O–H groups in total. The molecule has 7 nitrogen and oxygen atoms in total. The zero-order valence-corrected chi connectivity index (χ0v) is 10.8. The summed E-state index contributed by atoms with van der Waals surface area (Å²) in [5.41, 5.74) is 1.49. The van der Waals surface area contributed by atoms with Crippen LogP contribution in [-0.2, 0) is 14.3 Å². The molecule has 102 valence electrons. The number of esters is 2. The summed E-state index contributed by atoms with van der Waals surface area (Å²) in [5, 5.41) is 0.149. The number of hydrazine groups is 1. The fraction of sp³-hybridized carbons (Fsp3) is 0.100. The van der Waals surface area contributed by atoms with Crippen LogP contribution in [0.4, 0.5) is 4.79 Å². The SMILES string of the molecule is NNC(=O)OC(=O)COC(=O)c1c(Cl)cccc1Cl. The van der Waals surface area contributed by atoms with Crippen molar-refractivity contribution in [1.29, 1.82) is 0 Å². The van der Waals surface area contributed by atoms with Crippen LogP contribution in [0.2, 0.25) is 10.0 Å². The van der Waals surface area contributed by atoms with Gasteiger partial charge in [-0.05, 0) is 12.1 Å². The van der Waals surface area contributed by atoms with Crippen molar-refractivity contribution in [2.45, 2.75) is 0 Å². The lowest BCUT2D eigenvalue weighted by molar-refractivity contribution is -0.140. The molecule has 1 aromatic rings. The lowest BCUT2D eigenvalue weighted by Crippen LogP contribution is -2.33. The average molecular weight is 307 g/mol. The Kier molecular flexibility index (Phi) is 5.56. The summed E-state index contributed by atoms with van der Waals surface area (Å²) in [6.07, 6.45) is -1.17. The normalized spacial score (nSPS) is 9.63. The van der Waals surface area contributed by atoms with Crippen LogP contribution in [0.25, 0.3) is 0 Å². The minimum Gasteiger partial charge on any atom is -0.450 e. The van der Waals surface area contributed by atoms with Gasteiger partial charge >= 0.3 is 18.0 Å². The highest BCUT2D eigenvalue weighted by Crippen LogP contribution is 2.24. The number of ether oxygens (including phenoxy) is 2. The molecule has 1 amide bonds. The van der Waals surface area contributed by atoms with E-state index in [9.17, 15) is 14.4 Å². The Hall–Kier alpha value is -1.83. The molecule has 0 atom stereocenters. The molecule has 0 radical (unpaired) electrons. The number of amides is 1. The van der Waals surface area contributed by atoms with Gasteiger partial charge in [-0.25, -0.2) is 20.2 Å². The van der Waals surface area contributed by atoms with Gasteiger partial charge in [0.2, 0.25) is 0 Å². The third-order valence-corrected chi connectivity index (χ3v) is 2.44. The van der Waals surface area contributed by atoms with Crippen molar-refractivity contribution in [2.24, 2.45) is 5.84 Å². The van der Waals surface area contributed by atoms with E-state index in [0.717, 1.165) is 0 Å². The standard InChI is InChI=1S/C10H8Cl2N2O5/c11-5-2-1-3-6(12)8(5)9(16)18-4-7(15)19-10(17)14-13/h1-3H,4,13H2,(H,14,17). The van der Waals surface area contributed by atoms with E-state index < -0.39 is 24.6 Å². The maximum atomic E-state index is 11.6. The van der Waals surface area contributed by atoms with E-state index in [1.165, 1.54) is 12.1 Å². The highest BCUT2D eigenvalue weighted by atomic mass is 35.5. The van der Waals surface area contributed by atoms with Gasteiger partial charge in [0.1, 0.15) is 0 Å². The first-order valence-corrected chi connectivity index (χ1v) is 5.53. The predicted molar refractivity (Wildman–Crippen MR) is 65.6 cm³/mol. The van der Waals surface area contributed by atoms with Crippen molar-refractivity contribution in [3.8, 4) is 0 Å². The number of nitrogens with two attached hydrogens (primary N) is 1. The van der Waals surface area contributed by atoms with E-state index in [-0.39, 0.29) is 15.6 Å². The van der Waals surface area contributed by atoms with E-state index in [2.05, 4.69) is 15.3 Å². The van der Waals surface area contributed by atoms with Crippen LogP contribution in [0.15, 0.2) is 18.2 Å². The van der Waals surface area contributed by atoms with Crippen LogP contribution in [0.1, 0.15) is 10.4 Å². The number of halogens is 2. The van der Waals surface area contributed by atoms with Gasteiger partial charge in [0, 0.05) is 0 Å². The first-order valence-electron chi connectivity index (χ1n) is 4.78. The Morgan fingerprint density at radius 2 is 1.79 bits per heavy atom. The topological polar surface area (TPSA) is 108 Å². The second-order valence-corrected chi connectivity index (χ2v) is 3.89. The summed E-state index contributed by atoms with van der Waals surface area (Å²) in [6, 6.07) is 4.41. The molecular formula is C10H8Cl2N2O5. The van der Waals surface area contributed by atoms with Crippen LogP contribution < -0.4 is 11.3 Å². The molecule has 0 fully saturated rings.